The van der Waals surface area contributed by atoms with Gasteiger partial charge in [0.1, 0.15) is 0 Å². The van der Waals surface area contributed by atoms with Gasteiger partial charge in [0.25, 0.3) is 0 Å². The normalized spacial score (nSPS) is 11.9. The van der Waals surface area contributed by atoms with Crippen LogP contribution in [0.3, 0.4) is 0 Å². The summed E-state index contributed by atoms with van der Waals surface area (Å²) in [4.78, 5) is 0. The lowest BCUT2D eigenvalue weighted by Gasteiger charge is -2.23. The summed E-state index contributed by atoms with van der Waals surface area (Å²) in [6.07, 6.45) is -10.7. The lowest BCUT2D eigenvalue weighted by Crippen LogP contribution is -2.34. The first-order valence-electron chi connectivity index (χ1n) is 6.73. The molecule has 0 spiro atoms. The van der Waals surface area contributed by atoms with Crippen molar-refractivity contribution in [3.63, 3.8) is 0 Å². The van der Waals surface area contributed by atoms with Crippen LogP contribution in [0.5, 0.6) is 0 Å². The van der Waals surface area contributed by atoms with Crippen molar-refractivity contribution >= 4 is 0 Å². The van der Waals surface area contributed by atoms with Gasteiger partial charge in [-0.15, -0.1) is 0 Å². The van der Waals surface area contributed by atoms with Crippen LogP contribution in [-0.2, 0) is 0 Å². The van der Waals surface area contributed by atoms with Gasteiger partial charge in [-0.25, -0.2) is 0 Å². The Hall–Kier alpha value is -1.98. The van der Waals surface area contributed by atoms with Crippen molar-refractivity contribution in [1.29, 1.82) is 0 Å². The fourth-order valence-corrected chi connectivity index (χ4v) is 1.86. The van der Waals surface area contributed by atoms with Gasteiger partial charge < -0.3 is 0 Å². The topological polar surface area (TPSA) is 0 Å². The van der Waals surface area contributed by atoms with Gasteiger partial charge >= 0.3 is 12.4 Å². The summed E-state index contributed by atoms with van der Waals surface area (Å²) < 4.78 is 73.7. The Morgan fingerprint density at radius 3 is 1.30 bits per heavy atom. The van der Waals surface area contributed by atoms with Gasteiger partial charge in [-0.3, -0.25) is 0 Å². The molecular formula is C17H16F6. The highest BCUT2D eigenvalue weighted by molar-refractivity contribution is 5.26. The van der Waals surface area contributed by atoms with Crippen molar-refractivity contribution in [3.05, 3.63) is 71.3 Å². The second-order valence-electron chi connectivity index (χ2n) is 5.08. The molecule has 0 amide bonds. The zero-order valence-electron chi connectivity index (χ0n) is 12.5. The smallest absolute Gasteiger partial charge is 0.170 e. The first kappa shape index (κ1) is 19.1. The summed E-state index contributed by atoms with van der Waals surface area (Å²) in [7, 11) is 0. The Kier molecular flexibility index (Phi) is 6.24. The van der Waals surface area contributed by atoms with E-state index in [1.807, 2.05) is 18.2 Å². The summed E-state index contributed by atoms with van der Waals surface area (Å²) in [5, 5.41) is 0. The van der Waals surface area contributed by atoms with E-state index in [0.717, 1.165) is 12.1 Å². The van der Waals surface area contributed by atoms with E-state index in [1.165, 1.54) is 17.7 Å². The van der Waals surface area contributed by atoms with Crippen LogP contribution in [0.1, 0.15) is 22.6 Å². The van der Waals surface area contributed by atoms with E-state index in [4.69, 9.17) is 0 Å². The number of hydrogen-bond acceptors (Lipinski definition) is 0. The molecule has 2 aromatic carbocycles. The van der Waals surface area contributed by atoms with E-state index in [-0.39, 0.29) is 0 Å². The summed E-state index contributed by atoms with van der Waals surface area (Å²) in [6.45, 7) is 3.67. The van der Waals surface area contributed by atoms with Crippen LogP contribution in [0.2, 0.25) is 0 Å². The second kappa shape index (κ2) is 7.53. The highest BCUT2D eigenvalue weighted by atomic mass is 19.4. The zero-order chi connectivity index (χ0) is 17.7. The van der Waals surface area contributed by atoms with Gasteiger partial charge in [0, 0.05) is 0 Å². The van der Waals surface area contributed by atoms with E-state index >= 15 is 0 Å². The molecule has 0 saturated carbocycles. The van der Waals surface area contributed by atoms with E-state index < -0.39 is 23.8 Å². The maximum atomic E-state index is 12.3. The third kappa shape index (κ3) is 6.34. The number of aryl methyl sites for hydroxylation is 2. The van der Waals surface area contributed by atoms with Crippen LogP contribution in [-0.4, -0.2) is 12.4 Å². The van der Waals surface area contributed by atoms with Crippen molar-refractivity contribution in [2.75, 3.05) is 0 Å². The van der Waals surface area contributed by atoms with E-state index in [1.54, 1.807) is 6.92 Å². The van der Waals surface area contributed by atoms with Crippen LogP contribution in [0, 0.1) is 13.8 Å². The molecule has 126 valence electrons. The SMILES string of the molecule is Cc1ccc(C(C(F)(F)F)C(F)(F)F)cc1.Cc1ccccc1. The first-order chi connectivity index (χ1) is 10.5. The molecule has 0 radical (unpaired) electrons. The van der Waals surface area contributed by atoms with Gasteiger partial charge in [-0.2, -0.15) is 26.3 Å². The lowest BCUT2D eigenvalue weighted by atomic mass is 9.97. The molecule has 0 aliphatic heterocycles. The van der Waals surface area contributed by atoms with Gasteiger partial charge in [0.05, 0.1) is 0 Å². The molecular weight excluding hydrogens is 318 g/mol. The minimum atomic E-state index is -5.33. The van der Waals surface area contributed by atoms with E-state index in [0.29, 0.717) is 5.56 Å². The molecule has 0 nitrogen and oxygen atoms in total. The number of hydrogen-bond donors (Lipinski definition) is 0. The maximum Gasteiger partial charge on any atom is 0.404 e. The largest absolute Gasteiger partial charge is 0.404 e. The average molecular weight is 334 g/mol. The van der Waals surface area contributed by atoms with Crippen LogP contribution >= 0.6 is 0 Å². The van der Waals surface area contributed by atoms with Crippen LogP contribution in [0.25, 0.3) is 0 Å². The summed E-state index contributed by atoms with van der Waals surface area (Å²) in [6, 6.07) is 14.4. The number of halogens is 6. The van der Waals surface area contributed by atoms with Crippen molar-refractivity contribution in [2.24, 2.45) is 0 Å². The molecule has 2 aromatic rings. The third-order valence-electron chi connectivity index (χ3n) is 3.01. The molecule has 0 fully saturated rings. The molecule has 0 aliphatic carbocycles. The third-order valence-corrected chi connectivity index (χ3v) is 3.01. The molecule has 0 aromatic heterocycles. The number of rotatable bonds is 1. The molecule has 0 heterocycles. The molecule has 23 heavy (non-hydrogen) atoms. The molecule has 0 aliphatic rings. The minimum absolute atomic E-state index is 0.604. The number of alkyl halides is 6. The highest BCUT2D eigenvalue weighted by Crippen LogP contribution is 2.46. The van der Waals surface area contributed by atoms with Crippen LogP contribution in [0.4, 0.5) is 26.3 Å². The monoisotopic (exact) mass is 334 g/mol. The van der Waals surface area contributed by atoms with Crippen molar-refractivity contribution in [1.82, 2.24) is 0 Å². The first-order valence-corrected chi connectivity index (χ1v) is 6.73. The predicted octanol–water partition coefficient (Wildman–Crippen LogP) is 6.20. The number of benzene rings is 2. The fraction of sp³-hybridized carbons (Fsp3) is 0.294. The second-order valence-corrected chi connectivity index (χ2v) is 5.08. The Morgan fingerprint density at radius 2 is 1.00 bits per heavy atom. The average Bonchev–Trinajstić information content (AvgIpc) is 2.40. The molecule has 0 bridgehead atoms. The van der Waals surface area contributed by atoms with Gasteiger partial charge in [0.2, 0.25) is 0 Å². The van der Waals surface area contributed by atoms with E-state index in [9.17, 15) is 26.3 Å². The van der Waals surface area contributed by atoms with Gasteiger partial charge in [-0.05, 0) is 19.4 Å². The molecule has 0 N–H and O–H groups in total. The summed E-state index contributed by atoms with van der Waals surface area (Å²) in [5.41, 5.74) is 1.14. The van der Waals surface area contributed by atoms with Crippen LogP contribution in [0.15, 0.2) is 54.6 Å². The summed E-state index contributed by atoms with van der Waals surface area (Å²) in [5.74, 6) is -3.42. The maximum absolute atomic E-state index is 12.3. The van der Waals surface area contributed by atoms with Gasteiger partial charge in [0.15, 0.2) is 5.92 Å². The Balaban J connectivity index is 0.000000313. The van der Waals surface area contributed by atoms with Crippen molar-refractivity contribution in [3.8, 4) is 0 Å². The quantitative estimate of drug-likeness (QED) is 0.545. The standard InChI is InChI=1S/C10H8F6.C7H8/c1-6-2-4-7(5-3-6)8(9(11,12)13)10(14,15)16;1-7-5-3-2-4-6-7/h2-5,8H,1H3;2-6H,1H3. The lowest BCUT2D eigenvalue weighted by molar-refractivity contribution is -0.253. The van der Waals surface area contributed by atoms with Crippen molar-refractivity contribution in [2.45, 2.75) is 32.1 Å². The molecule has 0 saturated heterocycles. The fourth-order valence-electron chi connectivity index (χ4n) is 1.86. The van der Waals surface area contributed by atoms with Crippen LogP contribution < -0.4 is 0 Å². The Bertz CT molecular complexity index is 567. The molecule has 0 atom stereocenters. The Morgan fingerprint density at radius 1 is 0.609 bits per heavy atom. The molecule has 0 unspecified atom stereocenters. The van der Waals surface area contributed by atoms with Crippen molar-refractivity contribution < 1.29 is 26.3 Å². The van der Waals surface area contributed by atoms with E-state index in [2.05, 4.69) is 19.1 Å². The van der Waals surface area contributed by atoms with Gasteiger partial charge in [-0.1, -0.05) is 65.7 Å². The Labute approximate surface area is 130 Å². The minimum Gasteiger partial charge on any atom is -0.170 e. The highest BCUT2D eigenvalue weighted by Gasteiger charge is 2.57. The predicted molar refractivity (Wildman–Crippen MR) is 77.2 cm³/mol. The molecule has 6 heteroatoms. The summed E-state index contributed by atoms with van der Waals surface area (Å²) >= 11 is 0. The molecule has 2 rings (SSSR count). The zero-order valence-corrected chi connectivity index (χ0v) is 12.5.